The second kappa shape index (κ2) is 8.11. The van der Waals surface area contributed by atoms with Crippen LogP contribution in [0.15, 0.2) is 0 Å². The van der Waals surface area contributed by atoms with Gasteiger partial charge < -0.3 is 15.5 Å². The summed E-state index contributed by atoms with van der Waals surface area (Å²) < 4.78 is 0. The van der Waals surface area contributed by atoms with Gasteiger partial charge in [0.15, 0.2) is 0 Å². The molecule has 1 amide bonds. The van der Waals surface area contributed by atoms with Gasteiger partial charge in [0, 0.05) is 32.2 Å². The van der Waals surface area contributed by atoms with Crippen LogP contribution < -0.4 is 5.73 Å². The van der Waals surface area contributed by atoms with Crippen molar-refractivity contribution in [2.24, 2.45) is 11.7 Å². The highest BCUT2D eigenvalue weighted by atomic mass is 16.2. The van der Waals surface area contributed by atoms with Crippen molar-refractivity contribution >= 4 is 5.91 Å². The van der Waals surface area contributed by atoms with Crippen LogP contribution in [0.4, 0.5) is 0 Å². The van der Waals surface area contributed by atoms with E-state index in [1.165, 1.54) is 25.7 Å². The van der Waals surface area contributed by atoms with Gasteiger partial charge in [-0.3, -0.25) is 9.69 Å². The van der Waals surface area contributed by atoms with Crippen molar-refractivity contribution < 1.29 is 4.79 Å². The van der Waals surface area contributed by atoms with Gasteiger partial charge in [-0.1, -0.05) is 19.8 Å². The summed E-state index contributed by atoms with van der Waals surface area (Å²) in [6, 6.07) is 0.505. The fourth-order valence-electron chi connectivity index (χ4n) is 3.74. The van der Waals surface area contributed by atoms with Crippen molar-refractivity contribution in [2.45, 2.75) is 38.6 Å². The van der Waals surface area contributed by atoms with Crippen LogP contribution >= 0.6 is 0 Å². The number of hydrogen-bond acceptors (Lipinski definition) is 4. The Labute approximate surface area is 129 Å². The Hall–Kier alpha value is -0.650. The minimum Gasteiger partial charge on any atom is -0.339 e. The predicted octanol–water partition coefficient (Wildman–Crippen LogP) is 0.600. The third kappa shape index (κ3) is 4.41. The molecule has 0 radical (unpaired) electrons. The first-order valence-corrected chi connectivity index (χ1v) is 8.56. The molecule has 122 valence electrons. The van der Waals surface area contributed by atoms with Crippen molar-refractivity contribution in [1.29, 1.82) is 0 Å². The minimum absolute atomic E-state index is 0.297. The molecule has 1 aliphatic carbocycles. The molecule has 0 spiro atoms. The molecule has 1 saturated heterocycles. The second-order valence-electron chi connectivity index (χ2n) is 6.59. The number of carbonyl (C=O) groups excluding carboxylic acids is 1. The van der Waals surface area contributed by atoms with E-state index in [9.17, 15) is 4.79 Å². The number of amides is 1. The molecule has 1 aliphatic heterocycles. The summed E-state index contributed by atoms with van der Waals surface area (Å²) in [5, 5.41) is 0. The van der Waals surface area contributed by atoms with Crippen LogP contribution in [0.1, 0.15) is 32.6 Å². The predicted molar refractivity (Wildman–Crippen MR) is 86.1 cm³/mol. The number of nitrogens with two attached hydrogens (primary N) is 1. The molecule has 2 atom stereocenters. The van der Waals surface area contributed by atoms with E-state index in [2.05, 4.69) is 23.8 Å². The summed E-state index contributed by atoms with van der Waals surface area (Å²) in [6.45, 7) is 8.17. The average Bonchev–Trinajstić information content (AvgIpc) is 2.53. The van der Waals surface area contributed by atoms with Gasteiger partial charge in [0.1, 0.15) is 0 Å². The van der Waals surface area contributed by atoms with E-state index in [1.54, 1.807) is 0 Å². The van der Waals surface area contributed by atoms with E-state index in [1.807, 2.05) is 4.90 Å². The number of likely N-dealkylation sites (N-methyl/N-ethyl adjacent to an activating group) is 2. The van der Waals surface area contributed by atoms with Crippen LogP contribution in [0.5, 0.6) is 0 Å². The van der Waals surface area contributed by atoms with Gasteiger partial charge >= 0.3 is 0 Å². The summed E-state index contributed by atoms with van der Waals surface area (Å²) in [7, 11) is 2.12. The van der Waals surface area contributed by atoms with Crippen molar-refractivity contribution in [3.05, 3.63) is 0 Å². The lowest BCUT2D eigenvalue weighted by molar-refractivity contribution is -0.135. The number of piperazine rings is 1. The number of nitrogens with zero attached hydrogens (tertiary/aromatic N) is 3. The standard InChI is InChI=1S/C16H32N4O/c1-3-19(15-7-5-4-6-14(15)12-17)13-16(21)20-10-8-18(2)9-11-20/h14-15H,3-13,17H2,1-2H3. The average molecular weight is 296 g/mol. The van der Waals surface area contributed by atoms with E-state index in [0.717, 1.165) is 39.3 Å². The first kappa shape index (κ1) is 16.7. The smallest absolute Gasteiger partial charge is 0.236 e. The molecule has 5 heteroatoms. The van der Waals surface area contributed by atoms with Gasteiger partial charge in [0.25, 0.3) is 0 Å². The van der Waals surface area contributed by atoms with Gasteiger partial charge in [0.2, 0.25) is 5.91 Å². The molecule has 1 saturated carbocycles. The number of hydrogen-bond donors (Lipinski definition) is 1. The molecule has 0 bridgehead atoms. The largest absolute Gasteiger partial charge is 0.339 e. The van der Waals surface area contributed by atoms with Crippen LogP contribution in [0.3, 0.4) is 0 Å². The van der Waals surface area contributed by atoms with Gasteiger partial charge in [-0.25, -0.2) is 0 Å². The highest BCUT2D eigenvalue weighted by Crippen LogP contribution is 2.27. The molecule has 2 fully saturated rings. The molecule has 2 rings (SSSR count). The van der Waals surface area contributed by atoms with Crippen LogP contribution in [-0.4, -0.2) is 79.5 Å². The minimum atomic E-state index is 0.297. The summed E-state index contributed by atoms with van der Waals surface area (Å²) in [5.41, 5.74) is 5.95. The van der Waals surface area contributed by atoms with E-state index in [0.29, 0.717) is 24.4 Å². The fraction of sp³-hybridized carbons (Fsp3) is 0.938. The van der Waals surface area contributed by atoms with E-state index >= 15 is 0 Å². The Balaban J connectivity index is 1.90. The molecular formula is C16H32N4O. The molecule has 5 nitrogen and oxygen atoms in total. The zero-order valence-electron chi connectivity index (χ0n) is 13.8. The first-order chi connectivity index (χ1) is 10.2. The highest BCUT2D eigenvalue weighted by molar-refractivity contribution is 5.78. The van der Waals surface area contributed by atoms with Crippen molar-refractivity contribution in [3.63, 3.8) is 0 Å². The topological polar surface area (TPSA) is 52.8 Å². The van der Waals surface area contributed by atoms with Crippen LogP contribution in [0.2, 0.25) is 0 Å². The van der Waals surface area contributed by atoms with Crippen molar-refractivity contribution in [2.75, 3.05) is 52.9 Å². The lowest BCUT2D eigenvalue weighted by Gasteiger charge is -2.40. The fourth-order valence-corrected chi connectivity index (χ4v) is 3.74. The number of carbonyl (C=O) groups is 1. The highest BCUT2D eigenvalue weighted by Gasteiger charge is 2.30. The van der Waals surface area contributed by atoms with Crippen molar-refractivity contribution in [3.8, 4) is 0 Å². The molecule has 0 aromatic rings. The maximum atomic E-state index is 12.5. The normalized spacial score (nSPS) is 28.1. The van der Waals surface area contributed by atoms with Crippen LogP contribution in [-0.2, 0) is 4.79 Å². The number of rotatable bonds is 5. The Bertz CT molecular complexity index is 328. The second-order valence-corrected chi connectivity index (χ2v) is 6.59. The Morgan fingerprint density at radius 3 is 2.48 bits per heavy atom. The zero-order chi connectivity index (χ0) is 15.2. The van der Waals surface area contributed by atoms with E-state index in [4.69, 9.17) is 5.73 Å². The quantitative estimate of drug-likeness (QED) is 0.807. The van der Waals surface area contributed by atoms with Gasteiger partial charge in [-0.05, 0) is 38.9 Å². The molecule has 0 aromatic heterocycles. The Kier molecular flexibility index (Phi) is 6.45. The molecular weight excluding hydrogens is 264 g/mol. The molecule has 21 heavy (non-hydrogen) atoms. The maximum absolute atomic E-state index is 12.5. The monoisotopic (exact) mass is 296 g/mol. The summed E-state index contributed by atoms with van der Waals surface area (Å²) in [5.74, 6) is 0.866. The summed E-state index contributed by atoms with van der Waals surface area (Å²) >= 11 is 0. The SMILES string of the molecule is CCN(CC(=O)N1CCN(C)CC1)C1CCCCC1CN. The maximum Gasteiger partial charge on any atom is 0.236 e. The first-order valence-electron chi connectivity index (χ1n) is 8.56. The van der Waals surface area contributed by atoms with Crippen LogP contribution in [0.25, 0.3) is 0 Å². The van der Waals surface area contributed by atoms with E-state index < -0.39 is 0 Å². The Morgan fingerprint density at radius 1 is 1.19 bits per heavy atom. The van der Waals surface area contributed by atoms with Gasteiger partial charge in [-0.2, -0.15) is 0 Å². The molecule has 2 aliphatic rings. The summed E-state index contributed by atoms with van der Waals surface area (Å²) in [6.07, 6.45) is 4.99. The van der Waals surface area contributed by atoms with Crippen LogP contribution in [0, 0.1) is 5.92 Å². The lowest BCUT2D eigenvalue weighted by atomic mass is 9.83. The Morgan fingerprint density at radius 2 is 1.86 bits per heavy atom. The van der Waals surface area contributed by atoms with Gasteiger partial charge in [0.05, 0.1) is 6.54 Å². The molecule has 2 N–H and O–H groups in total. The molecule has 0 aromatic carbocycles. The van der Waals surface area contributed by atoms with E-state index in [-0.39, 0.29) is 0 Å². The molecule has 2 unspecified atom stereocenters. The van der Waals surface area contributed by atoms with Gasteiger partial charge in [-0.15, -0.1) is 0 Å². The zero-order valence-corrected chi connectivity index (χ0v) is 13.8. The van der Waals surface area contributed by atoms with Crippen molar-refractivity contribution in [1.82, 2.24) is 14.7 Å². The lowest BCUT2D eigenvalue weighted by Crippen LogP contribution is -2.53. The molecule has 1 heterocycles. The summed E-state index contributed by atoms with van der Waals surface area (Å²) in [4.78, 5) is 19.2. The third-order valence-corrected chi connectivity index (χ3v) is 5.24. The third-order valence-electron chi connectivity index (χ3n) is 5.24.